The van der Waals surface area contributed by atoms with E-state index in [9.17, 15) is 12.8 Å². The lowest BCUT2D eigenvalue weighted by molar-refractivity contribution is 0.579. The van der Waals surface area contributed by atoms with Crippen LogP contribution in [0.15, 0.2) is 53.8 Å². The van der Waals surface area contributed by atoms with Crippen molar-refractivity contribution in [1.82, 2.24) is 19.5 Å². The molecule has 130 valence electrons. The Balaban J connectivity index is 1.87. The monoisotopic (exact) mass is 360 g/mol. The molecule has 2 heterocycles. The van der Waals surface area contributed by atoms with Crippen LogP contribution in [-0.4, -0.2) is 23.2 Å². The van der Waals surface area contributed by atoms with Gasteiger partial charge in [0.2, 0.25) is 10.0 Å². The zero-order valence-electron chi connectivity index (χ0n) is 13.8. The highest BCUT2D eigenvalue weighted by molar-refractivity contribution is 7.89. The Morgan fingerprint density at radius 2 is 2.08 bits per heavy atom. The van der Waals surface area contributed by atoms with Gasteiger partial charge < -0.3 is 0 Å². The summed E-state index contributed by atoms with van der Waals surface area (Å²) in [6.07, 6.45) is 5.12. The summed E-state index contributed by atoms with van der Waals surface area (Å²) in [5.41, 5.74) is 2.54. The minimum atomic E-state index is -3.76. The molecule has 0 aliphatic rings. The fourth-order valence-electron chi connectivity index (χ4n) is 2.55. The van der Waals surface area contributed by atoms with Crippen LogP contribution in [-0.2, 0) is 23.6 Å². The van der Waals surface area contributed by atoms with E-state index in [-0.39, 0.29) is 11.4 Å². The van der Waals surface area contributed by atoms with Crippen molar-refractivity contribution < 1.29 is 12.8 Å². The topological polar surface area (TPSA) is 76.9 Å². The first-order valence-electron chi connectivity index (χ1n) is 7.55. The van der Waals surface area contributed by atoms with Crippen LogP contribution in [0.3, 0.4) is 0 Å². The average molecular weight is 360 g/mol. The summed E-state index contributed by atoms with van der Waals surface area (Å²) in [6.45, 7) is 1.63. The van der Waals surface area contributed by atoms with Crippen molar-refractivity contribution in [3.63, 3.8) is 0 Å². The largest absolute Gasteiger partial charge is 0.275 e. The molecule has 0 aliphatic carbocycles. The number of benzene rings is 1. The minimum Gasteiger partial charge on any atom is -0.275 e. The van der Waals surface area contributed by atoms with Gasteiger partial charge in [-0.25, -0.2) is 17.5 Å². The lowest BCUT2D eigenvalue weighted by atomic mass is 10.1. The van der Waals surface area contributed by atoms with Gasteiger partial charge in [-0.1, -0.05) is 6.07 Å². The van der Waals surface area contributed by atoms with Crippen molar-refractivity contribution in [2.75, 3.05) is 0 Å². The van der Waals surface area contributed by atoms with Crippen LogP contribution < -0.4 is 4.72 Å². The van der Waals surface area contributed by atoms with E-state index in [4.69, 9.17) is 0 Å². The first-order valence-corrected chi connectivity index (χ1v) is 9.04. The molecule has 0 saturated heterocycles. The van der Waals surface area contributed by atoms with E-state index in [1.165, 1.54) is 12.1 Å². The fourth-order valence-corrected chi connectivity index (χ4v) is 3.78. The third-order valence-electron chi connectivity index (χ3n) is 3.75. The number of hydrogen-bond donors (Lipinski definition) is 1. The molecule has 8 heteroatoms. The van der Waals surface area contributed by atoms with Crippen LogP contribution in [0.2, 0.25) is 0 Å². The molecule has 0 amide bonds. The highest BCUT2D eigenvalue weighted by Gasteiger charge is 2.18. The SMILES string of the molecule is Cc1cc(F)ccc1S(=O)(=O)NCc1cccnc1-c1cnn(C)c1. The molecule has 3 aromatic rings. The van der Waals surface area contributed by atoms with Crippen LogP contribution in [0.25, 0.3) is 11.3 Å². The van der Waals surface area contributed by atoms with E-state index in [1.54, 1.807) is 43.2 Å². The number of hydrogen-bond acceptors (Lipinski definition) is 4. The second kappa shape index (κ2) is 6.73. The second-order valence-corrected chi connectivity index (χ2v) is 7.38. The van der Waals surface area contributed by atoms with Crippen molar-refractivity contribution in [3.8, 4) is 11.3 Å². The maximum atomic E-state index is 13.2. The molecule has 0 bridgehead atoms. The third-order valence-corrected chi connectivity index (χ3v) is 5.31. The lowest BCUT2D eigenvalue weighted by Crippen LogP contribution is -2.24. The number of sulfonamides is 1. The molecule has 2 aromatic heterocycles. The average Bonchev–Trinajstić information content (AvgIpc) is 2.99. The van der Waals surface area contributed by atoms with Gasteiger partial charge in [-0.2, -0.15) is 5.10 Å². The molecule has 0 fully saturated rings. The van der Waals surface area contributed by atoms with Crippen LogP contribution >= 0.6 is 0 Å². The van der Waals surface area contributed by atoms with E-state index < -0.39 is 15.8 Å². The number of aromatic nitrogens is 3. The summed E-state index contributed by atoms with van der Waals surface area (Å²) in [6, 6.07) is 7.13. The Kier molecular flexibility index (Phi) is 4.65. The third kappa shape index (κ3) is 3.75. The molecule has 1 aromatic carbocycles. The van der Waals surface area contributed by atoms with E-state index >= 15 is 0 Å². The number of nitrogens with one attached hydrogen (secondary N) is 1. The van der Waals surface area contributed by atoms with Gasteiger partial charge >= 0.3 is 0 Å². The van der Waals surface area contributed by atoms with Crippen LogP contribution in [0.5, 0.6) is 0 Å². The van der Waals surface area contributed by atoms with Gasteiger partial charge in [0.15, 0.2) is 0 Å². The summed E-state index contributed by atoms with van der Waals surface area (Å²) >= 11 is 0. The van der Waals surface area contributed by atoms with Gasteiger partial charge in [0.1, 0.15) is 5.82 Å². The summed E-state index contributed by atoms with van der Waals surface area (Å²) in [4.78, 5) is 4.38. The molecule has 25 heavy (non-hydrogen) atoms. The summed E-state index contributed by atoms with van der Waals surface area (Å²) in [5, 5.41) is 4.11. The van der Waals surface area contributed by atoms with Gasteiger partial charge in [-0.3, -0.25) is 9.67 Å². The van der Waals surface area contributed by atoms with Crippen molar-refractivity contribution in [2.24, 2.45) is 7.05 Å². The first kappa shape index (κ1) is 17.2. The number of halogens is 1. The summed E-state index contributed by atoms with van der Waals surface area (Å²) in [5.74, 6) is -0.470. The normalized spacial score (nSPS) is 11.6. The Labute approximate surface area is 145 Å². The molecule has 0 radical (unpaired) electrons. The maximum absolute atomic E-state index is 13.2. The predicted octanol–water partition coefficient (Wildman–Crippen LogP) is 2.41. The number of rotatable bonds is 5. The van der Waals surface area contributed by atoms with Crippen LogP contribution in [0.4, 0.5) is 4.39 Å². The highest BCUT2D eigenvalue weighted by atomic mass is 32.2. The molecule has 0 atom stereocenters. The minimum absolute atomic E-state index is 0.0562. The Hall–Kier alpha value is -2.58. The Bertz CT molecular complexity index is 1010. The zero-order chi connectivity index (χ0) is 18.0. The van der Waals surface area contributed by atoms with Crippen molar-refractivity contribution in [1.29, 1.82) is 0 Å². The van der Waals surface area contributed by atoms with Crippen LogP contribution in [0.1, 0.15) is 11.1 Å². The maximum Gasteiger partial charge on any atom is 0.241 e. The number of aryl methyl sites for hydroxylation is 2. The van der Waals surface area contributed by atoms with Crippen molar-refractivity contribution in [2.45, 2.75) is 18.4 Å². The molecule has 6 nitrogen and oxygen atoms in total. The van der Waals surface area contributed by atoms with Gasteiger partial charge in [0, 0.05) is 31.5 Å². The van der Waals surface area contributed by atoms with Gasteiger partial charge in [0.25, 0.3) is 0 Å². The summed E-state index contributed by atoms with van der Waals surface area (Å²) in [7, 11) is -1.97. The molecule has 1 N–H and O–H groups in total. The fraction of sp³-hybridized carbons (Fsp3) is 0.176. The number of pyridine rings is 1. The molecular weight excluding hydrogens is 343 g/mol. The molecule has 0 aliphatic heterocycles. The molecule has 0 unspecified atom stereocenters. The molecule has 0 spiro atoms. The van der Waals surface area contributed by atoms with Crippen molar-refractivity contribution in [3.05, 3.63) is 65.9 Å². The predicted molar refractivity (Wildman–Crippen MR) is 91.6 cm³/mol. The van der Waals surface area contributed by atoms with Gasteiger partial charge in [0.05, 0.1) is 16.8 Å². The van der Waals surface area contributed by atoms with Crippen LogP contribution in [0, 0.1) is 12.7 Å². The van der Waals surface area contributed by atoms with E-state index in [2.05, 4.69) is 14.8 Å². The standard InChI is InChI=1S/C17H17FN4O2S/c1-12-8-15(18)5-6-16(12)25(23,24)21-10-13-4-3-7-19-17(13)14-9-20-22(2)11-14/h3-9,11,21H,10H2,1-2H3. The van der Waals surface area contributed by atoms with Gasteiger partial charge in [-0.05, 0) is 42.3 Å². The van der Waals surface area contributed by atoms with E-state index in [0.29, 0.717) is 11.3 Å². The highest BCUT2D eigenvalue weighted by Crippen LogP contribution is 2.21. The molecule has 0 saturated carbocycles. The van der Waals surface area contributed by atoms with E-state index in [0.717, 1.165) is 17.2 Å². The lowest BCUT2D eigenvalue weighted by Gasteiger charge is -2.11. The molecular formula is C17H17FN4O2S. The first-order chi connectivity index (χ1) is 11.9. The second-order valence-electron chi connectivity index (χ2n) is 5.65. The Morgan fingerprint density at radius 1 is 1.28 bits per heavy atom. The van der Waals surface area contributed by atoms with Crippen molar-refractivity contribution >= 4 is 10.0 Å². The number of nitrogens with zero attached hydrogens (tertiary/aromatic N) is 3. The van der Waals surface area contributed by atoms with E-state index in [1.807, 2.05) is 6.20 Å². The molecule has 3 rings (SSSR count). The quantitative estimate of drug-likeness (QED) is 0.758. The van der Waals surface area contributed by atoms with Gasteiger partial charge in [-0.15, -0.1) is 0 Å². The smallest absolute Gasteiger partial charge is 0.241 e. The summed E-state index contributed by atoms with van der Waals surface area (Å²) < 4.78 is 42.4. The Morgan fingerprint density at radius 3 is 2.76 bits per heavy atom. The zero-order valence-corrected chi connectivity index (χ0v) is 14.6.